The van der Waals surface area contributed by atoms with Crippen LogP contribution in [0.15, 0.2) is 26.9 Å². The zero-order chi connectivity index (χ0) is 15.8. The van der Waals surface area contributed by atoms with Gasteiger partial charge in [0, 0.05) is 18.0 Å². The number of halogens is 2. The molecule has 1 heterocycles. The number of aromatic nitrogens is 1. The number of rotatable bonds is 4. The Balaban J connectivity index is 2.40. The Morgan fingerprint density at radius 3 is 2.71 bits per heavy atom. The van der Waals surface area contributed by atoms with Crippen molar-refractivity contribution in [3.05, 3.63) is 33.5 Å². The monoisotopic (exact) mass is 393 g/mol. The number of nitrogens with two attached hydrogens (primary N) is 1. The fourth-order valence-electron chi connectivity index (χ4n) is 1.43. The molecule has 0 amide bonds. The molecular weight excluding hydrogens is 385 g/mol. The zero-order valence-electron chi connectivity index (χ0n) is 10.6. The van der Waals surface area contributed by atoms with E-state index >= 15 is 0 Å². The van der Waals surface area contributed by atoms with Gasteiger partial charge < -0.3 is 5.73 Å². The molecule has 0 saturated heterocycles. The van der Waals surface area contributed by atoms with Crippen LogP contribution in [0, 0.1) is 5.82 Å². The summed E-state index contributed by atoms with van der Waals surface area (Å²) in [7, 11) is -4.20. The second kappa shape index (κ2) is 5.70. The number of nitrogens with one attached hydrogen (secondary N) is 1. The Hall–Kier alpha value is -1.52. The Morgan fingerprint density at radius 1 is 1.48 bits per heavy atom. The van der Waals surface area contributed by atoms with Gasteiger partial charge in [-0.2, -0.15) is 0 Å². The predicted octanol–water partition coefficient (Wildman–Crippen LogP) is 2.63. The van der Waals surface area contributed by atoms with E-state index in [1.165, 1.54) is 18.4 Å². The van der Waals surface area contributed by atoms with Crippen LogP contribution in [0.2, 0.25) is 0 Å². The summed E-state index contributed by atoms with van der Waals surface area (Å²) in [6.07, 6.45) is 0. The first-order chi connectivity index (χ1) is 9.70. The molecule has 1 aromatic carbocycles. The van der Waals surface area contributed by atoms with E-state index in [1.807, 2.05) is 0 Å². The number of ketones is 1. The normalized spacial score (nSPS) is 11.4. The number of anilines is 2. The summed E-state index contributed by atoms with van der Waals surface area (Å²) in [5, 5.41) is 1.38. The number of carbonyl (C=O) groups is 1. The van der Waals surface area contributed by atoms with Crippen molar-refractivity contribution in [2.24, 2.45) is 0 Å². The van der Waals surface area contributed by atoms with E-state index in [1.54, 1.807) is 0 Å². The number of hydrogen-bond donors (Lipinski definition) is 2. The molecule has 0 unspecified atom stereocenters. The third-order valence-electron chi connectivity index (χ3n) is 2.39. The van der Waals surface area contributed by atoms with Crippen molar-refractivity contribution < 1.29 is 17.6 Å². The quantitative estimate of drug-likeness (QED) is 0.613. The van der Waals surface area contributed by atoms with Gasteiger partial charge in [0.2, 0.25) is 0 Å². The largest absolute Gasteiger partial charge is 0.399 e. The molecule has 0 radical (unpaired) electrons. The van der Waals surface area contributed by atoms with E-state index in [9.17, 15) is 17.6 Å². The summed E-state index contributed by atoms with van der Waals surface area (Å²) in [4.78, 5) is 14.3. The molecule has 0 saturated carbocycles. The summed E-state index contributed by atoms with van der Waals surface area (Å²) < 4.78 is 40.3. The number of hydrogen-bond acceptors (Lipinski definition) is 6. The molecule has 112 valence electrons. The lowest BCUT2D eigenvalue weighted by molar-refractivity contribution is 0.101. The number of carbonyl (C=O) groups excluding carboxylic acids is 1. The molecule has 0 atom stereocenters. The van der Waals surface area contributed by atoms with Gasteiger partial charge >= 0.3 is 0 Å². The molecule has 0 aliphatic rings. The van der Waals surface area contributed by atoms with E-state index in [2.05, 4.69) is 25.6 Å². The van der Waals surface area contributed by atoms with Crippen LogP contribution in [0.25, 0.3) is 0 Å². The average Bonchev–Trinajstić information content (AvgIpc) is 2.81. The summed E-state index contributed by atoms with van der Waals surface area (Å²) in [6.45, 7) is 1.31. The van der Waals surface area contributed by atoms with Crippen molar-refractivity contribution in [2.75, 3.05) is 10.5 Å². The molecule has 10 heteroatoms. The molecule has 0 aliphatic carbocycles. The third kappa shape index (κ3) is 3.39. The van der Waals surface area contributed by atoms with Gasteiger partial charge in [0.15, 0.2) is 16.7 Å². The first kappa shape index (κ1) is 15.9. The lowest BCUT2D eigenvalue weighted by Gasteiger charge is -2.08. The maximum atomic E-state index is 13.9. The molecule has 21 heavy (non-hydrogen) atoms. The van der Waals surface area contributed by atoms with Crippen molar-refractivity contribution in [2.45, 2.75) is 11.8 Å². The number of thiazole rings is 1. The second-order valence-corrected chi connectivity index (χ2v) is 7.38. The van der Waals surface area contributed by atoms with Crippen molar-refractivity contribution >= 4 is 53.9 Å². The second-order valence-electron chi connectivity index (χ2n) is 4.01. The van der Waals surface area contributed by atoms with Crippen molar-refractivity contribution in [3.8, 4) is 0 Å². The first-order valence-electron chi connectivity index (χ1n) is 5.44. The molecule has 2 rings (SSSR count). The minimum Gasteiger partial charge on any atom is -0.399 e. The van der Waals surface area contributed by atoms with Crippen molar-refractivity contribution in [1.82, 2.24) is 4.98 Å². The molecule has 6 nitrogen and oxygen atoms in total. The molecule has 0 spiro atoms. The third-order valence-corrected chi connectivity index (χ3v) is 5.20. The van der Waals surface area contributed by atoms with Crippen LogP contribution in [0.4, 0.5) is 15.2 Å². The van der Waals surface area contributed by atoms with Crippen LogP contribution in [0.5, 0.6) is 0 Å². The number of nitrogens with zero attached hydrogens (tertiary/aromatic N) is 1. The minimum absolute atomic E-state index is 0.0295. The van der Waals surface area contributed by atoms with Crippen LogP contribution in [0.1, 0.15) is 17.4 Å². The van der Waals surface area contributed by atoms with Gasteiger partial charge in [-0.3, -0.25) is 9.52 Å². The highest BCUT2D eigenvalue weighted by molar-refractivity contribution is 9.10. The standard InChI is InChI=1S/C11H9BrFN3O3S2/c1-5(17)8-4-20-11(15-8)16-21(18,19)9-3-6(14)2-7(12)10(9)13/h2-4H,14H2,1H3,(H,15,16). The van der Waals surface area contributed by atoms with Gasteiger partial charge in [0.25, 0.3) is 10.0 Å². The van der Waals surface area contributed by atoms with Crippen LogP contribution in [-0.4, -0.2) is 19.2 Å². The highest BCUT2D eigenvalue weighted by Crippen LogP contribution is 2.28. The number of nitrogen functional groups attached to an aromatic ring is 1. The molecule has 0 bridgehead atoms. The SMILES string of the molecule is CC(=O)c1csc(NS(=O)(=O)c2cc(N)cc(Br)c2F)n1. The number of Topliss-reactive ketones (excluding diaryl/α,β-unsaturated/α-hetero) is 1. The summed E-state index contributed by atoms with van der Waals surface area (Å²) in [5.74, 6) is -1.25. The van der Waals surface area contributed by atoms with Gasteiger partial charge in [0.1, 0.15) is 10.6 Å². The van der Waals surface area contributed by atoms with E-state index < -0.39 is 20.7 Å². The Bertz CT molecular complexity index is 820. The smallest absolute Gasteiger partial charge is 0.266 e. The summed E-state index contributed by atoms with van der Waals surface area (Å²) in [5.41, 5.74) is 5.74. The van der Waals surface area contributed by atoms with Crippen LogP contribution in [0.3, 0.4) is 0 Å². The molecule has 0 fully saturated rings. The van der Waals surface area contributed by atoms with E-state index in [4.69, 9.17) is 5.73 Å². The van der Waals surface area contributed by atoms with Crippen LogP contribution < -0.4 is 10.5 Å². The van der Waals surface area contributed by atoms with Gasteiger partial charge in [-0.25, -0.2) is 17.8 Å². The Kier molecular flexibility index (Phi) is 4.30. The van der Waals surface area contributed by atoms with Crippen molar-refractivity contribution in [3.63, 3.8) is 0 Å². The fraction of sp³-hybridized carbons (Fsp3) is 0.0909. The van der Waals surface area contributed by atoms with Crippen LogP contribution in [-0.2, 0) is 10.0 Å². The molecule has 3 N–H and O–H groups in total. The van der Waals surface area contributed by atoms with E-state index in [0.717, 1.165) is 17.4 Å². The minimum atomic E-state index is -4.20. The number of benzene rings is 1. The first-order valence-corrected chi connectivity index (χ1v) is 8.60. The Labute approximate surface area is 132 Å². The summed E-state index contributed by atoms with van der Waals surface area (Å²) >= 11 is 3.82. The molecule has 0 aliphatic heterocycles. The van der Waals surface area contributed by atoms with Gasteiger partial charge in [-0.15, -0.1) is 11.3 Å². The fourth-order valence-corrected chi connectivity index (χ4v) is 4.18. The summed E-state index contributed by atoms with van der Waals surface area (Å²) in [6, 6.07) is 2.26. The average molecular weight is 394 g/mol. The molecule has 2 aromatic rings. The number of sulfonamides is 1. The topological polar surface area (TPSA) is 102 Å². The molecule has 1 aromatic heterocycles. The lowest BCUT2D eigenvalue weighted by Crippen LogP contribution is -2.15. The van der Waals surface area contributed by atoms with Gasteiger partial charge in [-0.1, -0.05) is 0 Å². The maximum absolute atomic E-state index is 13.9. The van der Waals surface area contributed by atoms with Gasteiger partial charge in [-0.05, 0) is 28.1 Å². The van der Waals surface area contributed by atoms with E-state index in [-0.39, 0.29) is 26.8 Å². The molecular formula is C11H9BrFN3O3S2. The highest BCUT2D eigenvalue weighted by Gasteiger charge is 2.23. The predicted molar refractivity (Wildman–Crippen MR) is 81.4 cm³/mol. The van der Waals surface area contributed by atoms with Crippen molar-refractivity contribution in [1.29, 1.82) is 0 Å². The van der Waals surface area contributed by atoms with Crippen LogP contribution >= 0.6 is 27.3 Å². The Morgan fingerprint density at radius 2 is 2.14 bits per heavy atom. The highest BCUT2D eigenvalue weighted by atomic mass is 79.9. The van der Waals surface area contributed by atoms with E-state index in [0.29, 0.717) is 0 Å². The maximum Gasteiger partial charge on any atom is 0.266 e. The zero-order valence-corrected chi connectivity index (χ0v) is 13.8. The van der Waals surface area contributed by atoms with Gasteiger partial charge in [0.05, 0.1) is 4.47 Å². The lowest BCUT2D eigenvalue weighted by atomic mass is 10.3.